The Kier molecular flexibility index (Phi) is 3.93. The van der Waals surface area contributed by atoms with Gasteiger partial charge in [0.25, 0.3) is 0 Å². The minimum atomic E-state index is -0.385. The number of tetrazole rings is 1. The van der Waals surface area contributed by atoms with Crippen molar-refractivity contribution in [2.75, 3.05) is 13.4 Å². The standard InChI is InChI=1S/C11H12N4O2S/c1-17-10(16)7-15-11(12-13-14-15)8-3-5-9(18-2)6-4-8/h3-6H,7H2,1-2H3. The summed E-state index contributed by atoms with van der Waals surface area (Å²) in [5, 5.41) is 11.3. The summed E-state index contributed by atoms with van der Waals surface area (Å²) in [6.45, 7) is 0.00309. The van der Waals surface area contributed by atoms with Crippen LogP contribution in [0.3, 0.4) is 0 Å². The van der Waals surface area contributed by atoms with Gasteiger partial charge in [-0.2, -0.15) is 0 Å². The third-order valence-corrected chi connectivity index (χ3v) is 3.13. The molecule has 1 heterocycles. The van der Waals surface area contributed by atoms with E-state index >= 15 is 0 Å². The fourth-order valence-corrected chi connectivity index (χ4v) is 1.85. The molecule has 0 atom stereocenters. The van der Waals surface area contributed by atoms with Crippen molar-refractivity contribution >= 4 is 17.7 Å². The van der Waals surface area contributed by atoms with Crippen molar-refractivity contribution in [3.63, 3.8) is 0 Å². The lowest BCUT2D eigenvalue weighted by Gasteiger charge is -2.03. The molecular formula is C11H12N4O2S. The lowest BCUT2D eigenvalue weighted by molar-refractivity contribution is -0.141. The number of aromatic nitrogens is 4. The van der Waals surface area contributed by atoms with Crippen LogP contribution in [-0.4, -0.2) is 39.5 Å². The van der Waals surface area contributed by atoms with Crippen LogP contribution in [-0.2, 0) is 16.1 Å². The van der Waals surface area contributed by atoms with E-state index in [4.69, 9.17) is 0 Å². The van der Waals surface area contributed by atoms with Gasteiger partial charge in [0.15, 0.2) is 5.82 Å². The minimum absolute atomic E-state index is 0.00309. The van der Waals surface area contributed by atoms with Crippen molar-refractivity contribution in [1.29, 1.82) is 0 Å². The molecule has 2 rings (SSSR count). The second-order valence-electron chi connectivity index (χ2n) is 3.46. The van der Waals surface area contributed by atoms with Crippen molar-refractivity contribution in [2.24, 2.45) is 0 Å². The Balaban J connectivity index is 2.27. The van der Waals surface area contributed by atoms with E-state index in [0.29, 0.717) is 5.82 Å². The zero-order chi connectivity index (χ0) is 13.0. The zero-order valence-corrected chi connectivity index (χ0v) is 10.8. The van der Waals surface area contributed by atoms with Gasteiger partial charge in [0, 0.05) is 10.5 Å². The molecule has 0 N–H and O–H groups in total. The maximum Gasteiger partial charge on any atom is 0.327 e. The highest BCUT2D eigenvalue weighted by Gasteiger charge is 2.12. The van der Waals surface area contributed by atoms with Crippen molar-refractivity contribution in [3.05, 3.63) is 24.3 Å². The van der Waals surface area contributed by atoms with E-state index in [2.05, 4.69) is 20.3 Å². The highest BCUT2D eigenvalue weighted by atomic mass is 32.2. The van der Waals surface area contributed by atoms with Gasteiger partial charge in [0.2, 0.25) is 0 Å². The molecule has 6 nitrogen and oxygen atoms in total. The molecule has 0 saturated heterocycles. The summed E-state index contributed by atoms with van der Waals surface area (Å²) in [5.74, 6) is 0.164. The summed E-state index contributed by atoms with van der Waals surface area (Å²) in [6.07, 6.45) is 2.01. The van der Waals surface area contributed by atoms with Crippen LogP contribution in [0.25, 0.3) is 11.4 Å². The Labute approximate surface area is 108 Å². The quantitative estimate of drug-likeness (QED) is 0.611. The predicted molar refractivity (Wildman–Crippen MR) is 67.1 cm³/mol. The first-order valence-electron chi connectivity index (χ1n) is 5.22. The smallest absolute Gasteiger partial charge is 0.327 e. The van der Waals surface area contributed by atoms with E-state index < -0.39 is 0 Å². The monoisotopic (exact) mass is 264 g/mol. The first-order chi connectivity index (χ1) is 8.74. The van der Waals surface area contributed by atoms with Crippen molar-refractivity contribution in [1.82, 2.24) is 20.2 Å². The second-order valence-corrected chi connectivity index (χ2v) is 4.34. The lowest BCUT2D eigenvalue weighted by Crippen LogP contribution is -2.13. The summed E-state index contributed by atoms with van der Waals surface area (Å²) in [7, 11) is 1.33. The van der Waals surface area contributed by atoms with Crippen LogP contribution in [0, 0.1) is 0 Å². The number of thioether (sulfide) groups is 1. The van der Waals surface area contributed by atoms with E-state index in [0.717, 1.165) is 10.5 Å². The number of nitrogens with zero attached hydrogens (tertiary/aromatic N) is 4. The van der Waals surface area contributed by atoms with Gasteiger partial charge in [-0.1, -0.05) is 12.1 Å². The van der Waals surface area contributed by atoms with Gasteiger partial charge in [-0.15, -0.1) is 16.9 Å². The fraction of sp³-hybridized carbons (Fsp3) is 0.273. The maximum atomic E-state index is 11.2. The Morgan fingerprint density at radius 1 is 1.39 bits per heavy atom. The van der Waals surface area contributed by atoms with Crippen LogP contribution in [0.1, 0.15) is 0 Å². The molecule has 0 amide bonds. The number of hydrogen-bond acceptors (Lipinski definition) is 6. The molecule has 0 radical (unpaired) electrons. The number of ether oxygens (including phenoxy) is 1. The summed E-state index contributed by atoms with van der Waals surface area (Å²) in [5.41, 5.74) is 0.863. The molecule has 0 aliphatic carbocycles. The van der Waals surface area contributed by atoms with Gasteiger partial charge in [0.05, 0.1) is 7.11 Å². The van der Waals surface area contributed by atoms with Crippen LogP contribution >= 0.6 is 11.8 Å². The second kappa shape index (κ2) is 5.63. The number of carbonyl (C=O) groups is 1. The average Bonchev–Trinajstić information content (AvgIpc) is 2.86. The van der Waals surface area contributed by atoms with Crippen LogP contribution < -0.4 is 0 Å². The van der Waals surface area contributed by atoms with Crippen molar-refractivity contribution in [2.45, 2.75) is 11.4 Å². The summed E-state index contributed by atoms with van der Waals surface area (Å²) in [6, 6.07) is 7.81. The topological polar surface area (TPSA) is 69.9 Å². The van der Waals surface area contributed by atoms with Gasteiger partial charge in [0.1, 0.15) is 6.54 Å². The van der Waals surface area contributed by atoms with Crippen molar-refractivity contribution < 1.29 is 9.53 Å². The van der Waals surface area contributed by atoms with Crippen LogP contribution in [0.2, 0.25) is 0 Å². The van der Waals surface area contributed by atoms with E-state index in [1.807, 2.05) is 30.5 Å². The molecule has 0 unspecified atom stereocenters. The molecule has 94 valence electrons. The molecule has 0 aliphatic heterocycles. The van der Waals surface area contributed by atoms with Crippen LogP contribution in [0.4, 0.5) is 0 Å². The molecule has 1 aromatic carbocycles. The highest BCUT2D eigenvalue weighted by Crippen LogP contribution is 2.20. The Morgan fingerprint density at radius 2 is 2.11 bits per heavy atom. The average molecular weight is 264 g/mol. The minimum Gasteiger partial charge on any atom is -0.468 e. The summed E-state index contributed by atoms with van der Waals surface area (Å²) in [4.78, 5) is 12.4. The van der Waals surface area contributed by atoms with Crippen molar-refractivity contribution in [3.8, 4) is 11.4 Å². The SMILES string of the molecule is COC(=O)Cn1nnnc1-c1ccc(SC)cc1. The fourth-order valence-electron chi connectivity index (χ4n) is 1.44. The third-order valence-electron chi connectivity index (χ3n) is 2.39. The van der Waals surface area contributed by atoms with Crippen LogP contribution in [0.5, 0.6) is 0 Å². The molecule has 0 spiro atoms. The molecule has 0 aliphatic rings. The van der Waals surface area contributed by atoms with E-state index in [1.54, 1.807) is 11.8 Å². The zero-order valence-electron chi connectivity index (χ0n) is 10.0. The number of rotatable bonds is 4. The molecule has 18 heavy (non-hydrogen) atoms. The molecular weight excluding hydrogens is 252 g/mol. The highest BCUT2D eigenvalue weighted by molar-refractivity contribution is 7.98. The molecule has 0 fully saturated rings. The first kappa shape index (κ1) is 12.6. The van der Waals surface area contributed by atoms with Crippen LogP contribution in [0.15, 0.2) is 29.2 Å². The maximum absolute atomic E-state index is 11.2. The Morgan fingerprint density at radius 3 is 2.72 bits per heavy atom. The molecule has 2 aromatic rings. The number of hydrogen-bond donors (Lipinski definition) is 0. The molecule has 0 bridgehead atoms. The summed E-state index contributed by atoms with van der Waals surface area (Å²) < 4.78 is 6.01. The van der Waals surface area contributed by atoms with Gasteiger partial charge >= 0.3 is 5.97 Å². The molecule has 0 saturated carbocycles. The van der Waals surface area contributed by atoms with Gasteiger partial charge in [-0.05, 0) is 28.8 Å². The Bertz CT molecular complexity index is 538. The Hall–Kier alpha value is -1.89. The molecule has 7 heteroatoms. The van der Waals surface area contributed by atoms with Gasteiger partial charge in [-0.25, -0.2) is 4.68 Å². The number of esters is 1. The van der Waals surface area contributed by atoms with Gasteiger partial charge in [-0.3, -0.25) is 4.79 Å². The number of carbonyl (C=O) groups excluding carboxylic acids is 1. The molecule has 1 aromatic heterocycles. The predicted octanol–water partition coefficient (Wildman–Crippen LogP) is 1.23. The van der Waals surface area contributed by atoms with E-state index in [1.165, 1.54) is 11.8 Å². The lowest BCUT2D eigenvalue weighted by atomic mass is 10.2. The number of methoxy groups -OCH3 is 1. The number of benzene rings is 1. The normalized spacial score (nSPS) is 10.3. The van der Waals surface area contributed by atoms with E-state index in [-0.39, 0.29) is 12.5 Å². The third kappa shape index (κ3) is 2.67. The largest absolute Gasteiger partial charge is 0.468 e. The van der Waals surface area contributed by atoms with E-state index in [9.17, 15) is 4.79 Å². The summed E-state index contributed by atoms with van der Waals surface area (Å²) >= 11 is 1.66. The van der Waals surface area contributed by atoms with Gasteiger partial charge < -0.3 is 4.74 Å². The first-order valence-corrected chi connectivity index (χ1v) is 6.44.